The van der Waals surface area contributed by atoms with E-state index in [4.69, 9.17) is 20.9 Å². The van der Waals surface area contributed by atoms with Gasteiger partial charge in [0.25, 0.3) is 6.43 Å². The maximum atomic E-state index is 13.2. The standard InChI is InChI=1S/C16H22BClF2O3/c1-10-6-7-11(16(21,9-18)13(19)20)8-12(10)17-22-14(2,3)15(4,5)23-17/h6-8,13,21H,9H2,1-5H3. The lowest BCUT2D eigenvalue weighted by Crippen LogP contribution is -2.41. The van der Waals surface area contributed by atoms with E-state index in [0.717, 1.165) is 5.56 Å². The minimum atomic E-state index is -2.99. The smallest absolute Gasteiger partial charge is 0.399 e. The normalized spacial score (nSPS) is 22.4. The van der Waals surface area contributed by atoms with Crippen molar-refractivity contribution >= 4 is 24.2 Å². The van der Waals surface area contributed by atoms with Gasteiger partial charge in [-0.15, -0.1) is 11.6 Å². The maximum Gasteiger partial charge on any atom is 0.495 e. The van der Waals surface area contributed by atoms with Gasteiger partial charge in [0.15, 0.2) is 5.60 Å². The van der Waals surface area contributed by atoms with E-state index in [0.29, 0.717) is 5.46 Å². The van der Waals surface area contributed by atoms with Crippen molar-refractivity contribution in [2.45, 2.75) is 57.8 Å². The molecule has 1 saturated heterocycles. The van der Waals surface area contributed by atoms with Crippen LogP contribution in [0.4, 0.5) is 8.78 Å². The lowest BCUT2D eigenvalue weighted by molar-refractivity contribution is -0.0855. The number of hydrogen-bond acceptors (Lipinski definition) is 3. The van der Waals surface area contributed by atoms with Gasteiger partial charge in [-0.3, -0.25) is 0 Å². The van der Waals surface area contributed by atoms with Crippen LogP contribution < -0.4 is 5.46 Å². The molecule has 1 unspecified atom stereocenters. The predicted molar refractivity (Wildman–Crippen MR) is 87.5 cm³/mol. The van der Waals surface area contributed by atoms with Gasteiger partial charge in [0, 0.05) is 0 Å². The van der Waals surface area contributed by atoms with Gasteiger partial charge >= 0.3 is 7.12 Å². The number of aliphatic hydroxyl groups is 1. The van der Waals surface area contributed by atoms with E-state index in [9.17, 15) is 13.9 Å². The largest absolute Gasteiger partial charge is 0.495 e. The number of benzene rings is 1. The van der Waals surface area contributed by atoms with E-state index in [1.165, 1.54) is 12.1 Å². The van der Waals surface area contributed by atoms with E-state index in [-0.39, 0.29) is 5.56 Å². The van der Waals surface area contributed by atoms with Crippen LogP contribution in [-0.2, 0) is 14.9 Å². The zero-order chi connectivity index (χ0) is 17.6. The Morgan fingerprint density at radius 3 is 2.17 bits per heavy atom. The molecule has 1 heterocycles. The highest BCUT2D eigenvalue weighted by molar-refractivity contribution is 6.62. The van der Waals surface area contributed by atoms with Crippen LogP contribution in [0.2, 0.25) is 0 Å². The fraction of sp³-hybridized carbons (Fsp3) is 0.625. The van der Waals surface area contributed by atoms with Gasteiger partial charge in [-0.2, -0.15) is 0 Å². The molecule has 0 aliphatic carbocycles. The van der Waals surface area contributed by atoms with Crippen LogP contribution in [0.1, 0.15) is 38.8 Å². The molecule has 1 aromatic rings. The molecule has 23 heavy (non-hydrogen) atoms. The molecule has 0 amide bonds. The Hall–Kier alpha value is -0.685. The van der Waals surface area contributed by atoms with Crippen LogP contribution in [0.3, 0.4) is 0 Å². The quantitative estimate of drug-likeness (QED) is 0.673. The monoisotopic (exact) mass is 346 g/mol. The molecule has 1 N–H and O–H groups in total. The fourth-order valence-electron chi connectivity index (χ4n) is 2.40. The summed E-state index contributed by atoms with van der Waals surface area (Å²) in [5.74, 6) is -0.601. The van der Waals surface area contributed by atoms with Crippen molar-refractivity contribution in [3.8, 4) is 0 Å². The fourth-order valence-corrected chi connectivity index (χ4v) is 2.67. The van der Waals surface area contributed by atoms with Gasteiger partial charge < -0.3 is 14.4 Å². The molecule has 7 heteroatoms. The molecular weight excluding hydrogens is 324 g/mol. The van der Waals surface area contributed by atoms with Crippen molar-refractivity contribution < 1.29 is 23.2 Å². The lowest BCUT2D eigenvalue weighted by atomic mass is 9.74. The summed E-state index contributed by atoms with van der Waals surface area (Å²) in [6.07, 6.45) is -2.99. The molecule has 0 bridgehead atoms. The van der Waals surface area contributed by atoms with Crippen LogP contribution in [0.5, 0.6) is 0 Å². The molecule has 1 aliphatic heterocycles. The van der Waals surface area contributed by atoms with Crippen molar-refractivity contribution in [2.75, 3.05) is 5.88 Å². The first kappa shape index (κ1) is 18.7. The second-order valence-corrected chi connectivity index (χ2v) is 7.29. The summed E-state index contributed by atoms with van der Waals surface area (Å²) < 4.78 is 38.4. The third-order valence-electron chi connectivity index (χ3n) is 4.85. The first-order valence-electron chi connectivity index (χ1n) is 7.48. The van der Waals surface area contributed by atoms with Crippen LogP contribution in [0.15, 0.2) is 18.2 Å². The van der Waals surface area contributed by atoms with E-state index < -0.39 is 36.2 Å². The van der Waals surface area contributed by atoms with Crippen LogP contribution in [0.25, 0.3) is 0 Å². The van der Waals surface area contributed by atoms with E-state index in [2.05, 4.69) is 0 Å². The zero-order valence-corrected chi connectivity index (χ0v) is 14.7. The topological polar surface area (TPSA) is 38.7 Å². The van der Waals surface area contributed by atoms with Crippen molar-refractivity contribution in [3.05, 3.63) is 29.3 Å². The zero-order valence-electron chi connectivity index (χ0n) is 14.0. The SMILES string of the molecule is Cc1ccc(C(O)(CCl)C(F)F)cc1B1OC(C)(C)C(C)(C)O1. The van der Waals surface area contributed by atoms with Gasteiger partial charge in [0.05, 0.1) is 17.1 Å². The molecule has 0 saturated carbocycles. The molecule has 1 aromatic carbocycles. The third-order valence-corrected chi connectivity index (χ3v) is 5.26. The Labute approximate surface area is 141 Å². The van der Waals surface area contributed by atoms with Gasteiger partial charge in [0.2, 0.25) is 0 Å². The molecule has 128 valence electrons. The highest BCUT2D eigenvalue weighted by Crippen LogP contribution is 2.37. The highest BCUT2D eigenvalue weighted by Gasteiger charge is 2.52. The molecule has 1 atom stereocenters. The second-order valence-electron chi connectivity index (χ2n) is 7.02. The number of halogens is 3. The minimum absolute atomic E-state index is 0.0535. The predicted octanol–water partition coefficient (Wildman–Crippen LogP) is 2.99. The summed E-state index contributed by atoms with van der Waals surface area (Å²) in [6.45, 7) is 9.51. The van der Waals surface area contributed by atoms with Crippen molar-refractivity contribution in [3.63, 3.8) is 0 Å². The molecule has 1 fully saturated rings. The Balaban J connectivity index is 2.44. The van der Waals surface area contributed by atoms with Gasteiger partial charge in [0.1, 0.15) is 0 Å². The van der Waals surface area contributed by atoms with E-state index in [1.807, 2.05) is 34.6 Å². The minimum Gasteiger partial charge on any atom is -0.399 e. The molecule has 1 aliphatic rings. The van der Waals surface area contributed by atoms with Gasteiger partial charge in [-0.05, 0) is 45.6 Å². The number of rotatable bonds is 4. The lowest BCUT2D eigenvalue weighted by Gasteiger charge is -2.32. The summed E-state index contributed by atoms with van der Waals surface area (Å²) in [4.78, 5) is 0. The number of alkyl halides is 3. The Bertz CT molecular complexity index is 579. The van der Waals surface area contributed by atoms with E-state index in [1.54, 1.807) is 6.07 Å². The molecular formula is C16H22BClF2O3. The second kappa shape index (κ2) is 5.99. The molecule has 3 nitrogen and oxygen atoms in total. The van der Waals surface area contributed by atoms with Gasteiger partial charge in [-0.1, -0.05) is 23.8 Å². The first-order chi connectivity index (χ1) is 10.4. The summed E-state index contributed by atoms with van der Waals surface area (Å²) >= 11 is 5.59. The van der Waals surface area contributed by atoms with Crippen molar-refractivity contribution in [1.29, 1.82) is 0 Å². The summed E-state index contributed by atoms with van der Waals surface area (Å²) in [6, 6.07) is 4.61. The van der Waals surface area contributed by atoms with Crippen molar-refractivity contribution in [1.82, 2.24) is 0 Å². The first-order valence-corrected chi connectivity index (χ1v) is 8.01. The Morgan fingerprint density at radius 1 is 1.22 bits per heavy atom. The Kier molecular flexibility index (Phi) is 4.86. The van der Waals surface area contributed by atoms with Crippen LogP contribution >= 0.6 is 11.6 Å². The maximum absolute atomic E-state index is 13.2. The number of hydrogen-bond donors (Lipinski definition) is 1. The summed E-state index contributed by atoms with van der Waals surface area (Å²) in [7, 11) is -0.683. The van der Waals surface area contributed by atoms with Gasteiger partial charge in [-0.25, -0.2) is 8.78 Å². The third kappa shape index (κ3) is 3.14. The number of aryl methyl sites for hydroxylation is 1. The Morgan fingerprint density at radius 2 is 1.74 bits per heavy atom. The van der Waals surface area contributed by atoms with Crippen LogP contribution in [0, 0.1) is 6.92 Å². The highest BCUT2D eigenvalue weighted by atomic mass is 35.5. The van der Waals surface area contributed by atoms with E-state index >= 15 is 0 Å². The molecule has 0 spiro atoms. The van der Waals surface area contributed by atoms with Crippen molar-refractivity contribution in [2.24, 2.45) is 0 Å². The summed E-state index contributed by atoms with van der Waals surface area (Å²) in [5.41, 5.74) is -1.97. The molecule has 0 aromatic heterocycles. The molecule has 0 radical (unpaired) electrons. The molecule has 2 rings (SSSR count). The van der Waals surface area contributed by atoms with Crippen LogP contribution in [-0.4, -0.2) is 35.7 Å². The summed E-state index contributed by atoms with van der Waals surface area (Å²) in [5, 5.41) is 10.2. The average Bonchev–Trinajstić information content (AvgIpc) is 2.66. The average molecular weight is 347 g/mol.